The predicted octanol–water partition coefficient (Wildman–Crippen LogP) is 1.56. The topological polar surface area (TPSA) is 52.6 Å². The van der Waals surface area contributed by atoms with Crippen molar-refractivity contribution < 1.29 is 9.90 Å². The highest BCUT2D eigenvalue weighted by molar-refractivity contribution is 5.78. The molecule has 1 unspecified atom stereocenters. The average Bonchev–Trinajstić information content (AvgIpc) is 2.91. The Morgan fingerprint density at radius 2 is 2.11 bits per heavy atom. The zero-order valence-corrected chi connectivity index (χ0v) is 10.4. The number of carboxylic acids is 1. The third kappa shape index (κ3) is 1.86. The lowest BCUT2D eigenvalue weighted by atomic mass is 9.92. The summed E-state index contributed by atoms with van der Waals surface area (Å²) in [6.45, 7) is 2.94. The van der Waals surface area contributed by atoms with Gasteiger partial charge >= 0.3 is 5.97 Å². The van der Waals surface area contributed by atoms with E-state index in [4.69, 9.17) is 0 Å². The summed E-state index contributed by atoms with van der Waals surface area (Å²) >= 11 is 0. The number of aliphatic carboxylic acids is 1. The zero-order chi connectivity index (χ0) is 12.5. The fourth-order valence-corrected chi connectivity index (χ4v) is 3.06. The van der Waals surface area contributed by atoms with Crippen LogP contribution < -0.4 is 10.2 Å². The molecule has 1 fully saturated rings. The van der Waals surface area contributed by atoms with Crippen molar-refractivity contribution in [2.24, 2.45) is 0 Å². The van der Waals surface area contributed by atoms with Crippen molar-refractivity contribution >= 4 is 11.7 Å². The largest absolute Gasteiger partial charge is 0.480 e. The van der Waals surface area contributed by atoms with Crippen LogP contribution in [0.2, 0.25) is 0 Å². The predicted molar refractivity (Wildman–Crippen MR) is 70.0 cm³/mol. The molecular weight excluding hydrogens is 228 g/mol. The Morgan fingerprint density at radius 1 is 1.33 bits per heavy atom. The van der Waals surface area contributed by atoms with Crippen molar-refractivity contribution in [2.45, 2.75) is 25.3 Å². The Balaban J connectivity index is 2.02. The number of fused-ring (bicyclic) bond motifs is 1. The molecule has 1 saturated heterocycles. The van der Waals surface area contributed by atoms with Gasteiger partial charge in [-0.15, -0.1) is 0 Å². The average molecular weight is 246 g/mol. The SMILES string of the molecule is O=C(O)C1NCCc2c1cccc2N1CCCC1. The van der Waals surface area contributed by atoms with E-state index in [1.54, 1.807) is 0 Å². The first-order valence-electron chi connectivity index (χ1n) is 6.60. The maximum Gasteiger partial charge on any atom is 0.325 e. The summed E-state index contributed by atoms with van der Waals surface area (Å²) in [5.74, 6) is -0.783. The molecule has 1 atom stereocenters. The van der Waals surface area contributed by atoms with Crippen molar-refractivity contribution in [1.82, 2.24) is 5.32 Å². The molecule has 2 heterocycles. The summed E-state index contributed by atoms with van der Waals surface area (Å²) in [6.07, 6.45) is 3.40. The molecule has 4 heteroatoms. The van der Waals surface area contributed by atoms with Crippen LogP contribution in [-0.2, 0) is 11.2 Å². The second kappa shape index (κ2) is 4.61. The van der Waals surface area contributed by atoms with E-state index in [9.17, 15) is 9.90 Å². The van der Waals surface area contributed by atoms with E-state index in [0.717, 1.165) is 31.6 Å². The van der Waals surface area contributed by atoms with Gasteiger partial charge in [-0.25, -0.2) is 0 Å². The van der Waals surface area contributed by atoms with Crippen molar-refractivity contribution in [3.8, 4) is 0 Å². The van der Waals surface area contributed by atoms with Gasteiger partial charge in [0.25, 0.3) is 0 Å². The molecule has 0 radical (unpaired) electrons. The molecule has 0 bridgehead atoms. The summed E-state index contributed by atoms with van der Waals surface area (Å²) < 4.78 is 0. The van der Waals surface area contributed by atoms with Crippen molar-refractivity contribution in [2.75, 3.05) is 24.5 Å². The third-order valence-corrected chi connectivity index (χ3v) is 3.92. The minimum absolute atomic E-state index is 0.545. The maximum absolute atomic E-state index is 11.3. The molecule has 96 valence electrons. The molecule has 2 aliphatic rings. The summed E-state index contributed by atoms with van der Waals surface area (Å²) in [4.78, 5) is 13.7. The van der Waals surface area contributed by atoms with E-state index in [1.165, 1.54) is 24.1 Å². The lowest BCUT2D eigenvalue weighted by molar-refractivity contribution is -0.139. The molecule has 4 nitrogen and oxygen atoms in total. The molecule has 0 aromatic heterocycles. The van der Waals surface area contributed by atoms with E-state index in [2.05, 4.69) is 16.3 Å². The van der Waals surface area contributed by atoms with Gasteiger partial charge in [0, 0.05) is 25.3 Å². The van der Waals surface area contributed by atoms with Crippen LogP contribution in [0, 0.1) is 0 Å². The van der Waals surface area contributed by atoms with E-state index in [-0.39, 0.29) is 0 Å². The minimum Gasteiger partial charge on any atom is -0.480 e. The monoisotopic (exact) mass is 246 g/mol. The van der Waals surface area contributed by atoms with Crippen LogP contribution in [0.1, 0.15) is 30.0 Å². The van der Waals surface area contributed by atoms with Gasteiger partial charge < -0.3 is 15.3 Å². The molecule has 18 heavy (non-hydrogen) atoms. The second-order valence-electron chi connectivity index (χ2n) is 5.01. The number of nitrogens with one attached hydrogen (secondary N) is 1. The number of hydrogen-bond acceptors (Lipinski definition) is 3. The first-order valence-corrected chi connectivity index (χ1v) is 6.60. The number of benzene rings is 1. The lowest BCUT2D eigenvalue weighted by Gasteiger charge is -2.29. The fourth-order valence-electron chi connectivity index (χ4n) is 3.06. The highest BCUT2D eigenvalue weighted by Gasteiger charge is 2.28. The van der Waals surface area contributed by atoms with Crippen molar-refractivity contribution in [3.63, 3.8) is 0 Å². The Hall–Kier alpha value is -1.55. The molecule has 2 N–H and O–H groups in total. The fraction of sp³-hybridized carbons (Fsp3) is 0.500. The molecule has 3 rings (SSSR count). The van der Waals surface area contributed by atoms with E-state index < -0.39 is 12.0 Å². The minimum atomic E-state index is -0.783. The molecule has 0 saturated carbocycles. The van der Waals surface area contributed by atoms with Gasteiger partial charge in [-0.3, -0.25) is 4.79 Å². The van der Waals surface area contributed by atoms with Gasteiger partial charge in [0.15, 0.2) is 0 Å². The third-order valence-electron chi connectivity index (χ3n) is 3.92. The van der Waals surface area contributed by atoms with E-state index >= 15 is 0 Å². The van der Waals surface area contributed by atoms with Gasteiger partial charge in [-0.1, -0.05) is 12.1 Å². The maximum atomic E-state index is 11.3. The molecule has 0 spiro atoms. The van der Waals surface area contributed by atoms with Crippen molar-refractivity contribution in [3.05, 3.63) is 29.3 Å². The van der Waals surface area contributed by atoms with Crippen LogP contribution >= 0.6 is 0 Å². The molecule has 0 aliphatic carbocycles. The summed E-state index contributed by atoms with van der Waals surface area (Å²) in [6, 6.07) is 5.51. The van der Waals surface area contributed by atoms with Crippen LogP contribution in [0.5, 0.6) is 0 Å². The standard InChI is InChI=1S/C14H18N2O2/c17-14(18)13-11-4-3-5-12(10(11)6-7-15-13)16-8-1-2-9-16/h3-5,13,15H,1-2,6-9H2,(H,17,18). The smallest absolute Gasteiger partial charge is 0.325 e. The first-order chi connectivity index (χ1) is 8.77. The first kappa shape index (κ1) is 11.5. The number of hydrogen-bond donors (Lipinski definition) is 2. The van der Waals surface area contributed by atoms with E-state index in [1.807, 2.05) is 12.1 Å². The lowest BCUT2D eigenvalue weighted by Crippen LogP contribution is -2.36. The summed E-state index contributed by atoms with van der Waals surface area (Å²) in [5, 5.41) is 12.3. The number of nitrogens with zero attached hydrogens (tertiary/aromatic N) is 1. The number of anilines is 1. The Bertz CT molecular complexity index is 467. The number of carbonyl (C=O) groups is 1. The van der Waals surface area contributed by atoms with Crippen LogP contribution in [-0.4, -0.2) is 30.7 Å². The van der Waals surface area contributed by atoms with Crippen molar-refractivity contribution in [1.29, 1.82) is 0 Å². The van der Waals surface area contributed by atoms with Crippen LogP contribution in [0.25, 0.3) is 0 Å². The summed E-state index contributed by atoms with van der Waals surface area (Å²) in [7, 11) is 0. The highest BCUT2D eigenvalue weighted by Crippen LogP contribution is 2.32. The van der Waals surface area contributed by atoms with Gasteiger partial charge in [0.1, 0.15) is 6.04 Å². The van der Waals surface area contributed by atoms with Gasteiger partial charge in [-0.2, -0.15) is 0 Å². The highest BCUT2D eigenvalue weighted by atomic mass is 16.4. The van der Waals surface area contributed by atoms with Crippen LogP contribution in [0.15, 0.2) is 18.2 Å². The second-order valence-corrected chi connectivity index (χ2v) is 5.01. The van der Waals surface area contributed by atoms with Crippen LogP contribution in [0.3, 0.4) is 0 Å². The number of carboxylic acid groups (broad SMARTS) is 1. The van der Waals surface area contributed by atoms with Gasteiger partial charge in [0.05, 0.1) is 0 Å². The molecule has 0 amide bonds. The Morgan fingerprint density at radius 3 is 2.83 bits per heavy atom. The van der Waals surface area contributed by atoms with E-state index in [0.29, 0.717) is 0 Å². The Labute approximate surface area is 107 Å². The number of rotatable bonds is 2. The summed E-state index contributed by atoms with van der Waals surface area (Å²) in [5.41, 5.74) is 3.42. The van der Waals surface area contributed by atoms with Gasteiger partial charge in [-0.05, 0) is 36.5 Å². The van der Waals surface area contributed by atoms with Crippen LogP contribution in [0.4, 0.5) is 5.69 Å². The Kier molecular flexibility index (Phi) is 2.96. The molecular formula is C14H18N2O2. The molecule has 1 aromatic rings. The molecule has 1 aromatic carbocycles. The molecule has 2 aliphatic heterocycles. The van der Waals surface area contributed by atoms with Gasteiger partial charge in [0.2, 0.25) is 0 Å². The normalized spacial score (nSPS) is 22.9. The quantitative estimate of drug-likeness (QED) is 0.831. The zero-order valence-electron chi connectivity index (χ0n) is 10.4.